The zero-order valence-corrected chi connectivity index (χ0v) is 10.7. The Balaban J connectivity index is 1.98. The Morgan fingerprint density at radius 2 is 1.88 bits per heavy atom. The molecule has 17 heavy (non-hydrogen) atoms. The number of hydrogen-bond acceptors (Lipinski definition) is 4. The standard InChI is InChI=1S/C13H20N2O2/c1-8-12(9(2)17-14-8)13(16)6-10-4-5-11(7-13)15(10)3/h10-11,16H,4-7H2,1-3H3. The van der Waals surface area contributed by atoms with Crippen LogP contribution < -0.4 is 0 Å². The molecule has 3 rings (SSSR count). The van der Waals surface area contributed by atoms with E-state index in [2.05, 4.69) is 17.1 Å². The molecule has 2 saturated heterocycles. The highest BCUT2D eigenvalue weighted by Gasteiger charge is 2.48. The predicted octanol–water partition coefficient (Wildman–Crippen LogP) is 1.74. The van der Waals surface area contributed by atoms with Crippen molar-refractivity contribution in [1.82, 2.24) is 10.1 Å². The van der Waals surface area contributed by atoms with Gasteiger partial charge in [0.15, 0.2) is 0 Å². The molecule has 2 atom stereocenters. The zero-order valence-electron chi connectivity index (χ0n) is 10.7. The average molecular weight is 236 g/mol. The number of aromatic nitrogens is 1. The van der Waals surface area contributed by atoms with Crippen LogP contribution in [0, 0.1) is 13.8 Å². The van der Waals surface area contributed by atoms with Crippen molar-refractivity contribution in [1.29, 1.82) is 0 Å². The van der Waals surface area contributed by atoms with Crippen molar-refractivity contribution >= 4 is 0 Å². The first-order valence-electron chi connectivity index (χ1n) is 6.39. The molecular weight excluding hydrogens is 216 g/mol. The van der Waals surface area contributed by atoms with Gasteiger partial charge in [0.2, 0.25) is 0 Å². The number of aryl methyl sites for hydroxylation is 2. The van der Waals surface area contributed by atoms with Crippen LogP contribution in [0.4, 0.5) is 0 Å². The van der Waals surface area contributed by atoms with Gasteiger partial charge in [-0.1, -0.05) is 5.16 Å². The van der Waals surface area contributed by atoms with E-state index in [0.29, 0.717) is 12.1 Å². The van der Waals surface area contributed by atoms with Gasteiger partial charge in [-0.15, -0.1) is 0 Å². The third-order valence-electron chi connectivity index (χ3n) is 4.63. The van der Waals surface area contributed by atoms with Crippen LogP contribution in [0.5, 0.6) is 0 Å². The molecule has 2 aliphatic rings. The minimum absolute atomic E-state index is 0.507. The third-order valence-corrected chi connectivity index (χ3v) is 4.63. The molecule has 0 aliphatic carbocycles. The number of aliphatic hydroxyl groups is 1. The summed E-state index contributed by atoms with van der Waals surface area (Å²) in [5.74, 6) is 0.772. The molecule has 3 heterocycles. The highest BCUT2D eigenvalue weighted by molar-refractivity contribution is 5.30. The van der Waals surface area contributed by atoms with E-state index < -0.39 is 5.60 Å². The van der Waals surface area contributed by atoms with Crippen molar-refractivity contribution in [3.8, 4) is 0 Å². The van der Waals surface area contributed by atoms with Crippen molar-refractivity contribution in [3.63, 3.8) is 0 Å². The normalized spacial score (nSPS) is 37.6. The van der Waals surface area contributed by atoms with Crippen LogP contribution in [-0.4, -0.2) is 34.3 Å². The van der Waals surface area contributed by atoms with Gasteiger partial charge in [0.1, 0.15) is 5.76 Å². The van der Waals surface area contributed by atoms with Crippen LogP contribution >= 0.6 is 0 Å². The predicted molar refractivity (Wildman–Crippen MR) is 63.7 cm³/mol. The van der Waals surface area contributed by atoms with Gasteiger partial charge >= 0.3 is 0 Å². The van der Waals surface area contributed by atoms with Crippen molar-refractivity contribution in [2.24, 2.45) is 0 Å². The fraction of sp³-hybridized carbons (Fsp3) is 0.769. The summed E-state index contributed by atoms with van der Waals surface area (Å²) in [4.78, 5) is 2.42. The maximum absolute atomic E-state index is 11.0. The molecule has 2 unspecified atom stereocenters. The van der Waals surface area contributed by atoms with Crippen LogP contribution in [0.15, 0.2) is 4.52 Å². The van der Waals surface area contributed by atoms with E-state index in [0.717, 1.165) is 29.9 Å². The fourth-order valence-electron chi connectivity index (χ4n) is 3.80. The van der Waals surface area contributed by atoms with Gasteiger partial charge in [-0.25, -0.2) is 0 Å². The van der Waals surface area contributed by atoms with Crippen molar-refractivity contribution in [2.45, 2.75) is 57.2 Å². The first-order valence-corrected chi connectivity index (χ1v) is 6.39. The van der Waals surface area contributed by atoms with E-state index >= 15 is 0 Å². The fourth-order valence-corrected chi connectivity index (χ4v) is 3.80. The highest BCUT2D eigenvalue weighted by Crippen LogP contribution is 2.46. The maximum atomic E-state index is 11.0. The second-order valence-electron chi connectivity index (χ2n) is 5.69. The molecule has 2 aliphatic heterocycles. The maximum Gasteiger partial charge on any atom is 0.140 e. The summed E-state index contributed by atoms with van der Waals surface area (Å²) in [5.41, 5.74) is 1.04. The van der Waals surface area contributed by atoms with Crippen molar-refractivity contribution < 1.29 is 9.63 Å². The Morgan fingerprint density at radius 1 is 1.29 bits per heavy atom. The number of hydrogen-bond donors (Lipinski definition) is 1. The van der Waals surface area contributed by atoms with Gasteiger partial charge < -0.3 is 14.5 Å². The summed E-state index contributed by atoms with van der Waals surface area (Å²) in [6.07, 6.45) is 4.02. The molecule has 4 heteroatoms. The van der Waals surface area contributed by atoms with Gasteiger partial charge in [-0.2, -0.15) is 0 Å². The zero-order chi connectivity index (χ0) is 12.2. The number of fused-ring (bicyclic) bond motifs is 2. The van der Waals surface area contributed by atoms with Gasteiger partial charge in [-0.05, 0) is 46.6 Å². The van der Waals surface area contributed by atoms with Crippen LogP contribution in [0.2, 0.25) is 0 Å². The van der Waals surface area contributed by atoms with Crippen LogP contribution in [0.25, 0.3) is 0 Å². The Hall–Kier alpha value is -0.870. The van der Waals surface area contributed by atoms with Crippen LogP contribution in [-0.2, 0) is 5.60 Å². The lowest BCUT2D eigenvalue weighted by molar-refractivity contribution is -0.0505. The summed E-state index contributed by atoms with van der Waals surface area (Å²) < 4.78 is 5.21. The molecule has 2 fully saturated rings. The van der Waals surface area contributed by atoms with E-state index in [4.69, 9.17) is 4.52 Å². The Labute approximate surface area is 102 Å². The molecule has 1 aromatic heterocycles. The molecular formula is C13H20N2O2. The second kappa shape index (κ2) is 3.56. The lowest BCUT2D eigenvalue weighted by Gasteiger charge is -2.42. The minimum Gasteiger partial charge on any atom is -0.385 e. The van der Waals surface area contributed by atoms with Crippen LogP contribution in [0.3, 0.4) is 0 Å². The van der Waals surface area contributed by atoms with E-state index in [-0.39, 0.29) is 0 Å². The second-order valence-corrected chi connectivity index (χ2v) is 5.69. The first kappa shape index (κ1) is 11.2. The van der Waals surface area contributed by atoms with Crippen LogP contribution in [0.1, 0.15) is 42.7 Å². The Kier molecular flexibility index (Phi) is 2.35. The molecule has 0 spiro atoms. The van der Waals surface area contributed by atoms with E-state index in [1.54, 1.807) is 0 Å². The largest absolute Gasteiger partial charge is 0.385 e. The molecule has 0 amide bonds. The smallest absolute Gasteiger partial charge is 0.140 e. The van der Waals surface area contributed by atoms with E-state index in [1.165, 1.54) is 12.8 Å². The molecule has 1 aromatic rings. The minimum atomic E-state index is -0.730. The quantitative estimate of drug-likeness (QED) is 0.807. The first-order chi connectivity index (χ1) is 8.01. The van der Waals surface area contributed by atoms with Gasteiger partial charge in [0.05, 0.1) is 11.3 Å². The molecule has 1 N–H and O–H groups in total. The van der Waals surface area contributed by atoms with Crippen molar-refractivity contribution in [3.05, 3.63) is 17.0 Å². The number of piperidine rings is 1. The topological polar surface area (TPSA) is 49.5 Å². The SMILES string of the molecule is Cc1noc(C)c1C1(O)CC2CCC(C1)N2C. The summed E-state index contributed by atoms with van der Waals surface area (Å²) in [6, 6.07) is 1.01. The summed E-state index contributed by atoms with van der Waals surface area (Å²) in [7, 11) is 2.18. The number of rotatable bonds is 1. The molecule has 0 aromatic carbocycles. The highest BCUT2D eigenvalue weighted by atomic mass is 16.5. The monoisotopic (exact) mass is 236 g/mol. The summed E-state index contributed by atoms with van der Waals surface area (Å²) >= 11 is 0. The number of nitrogens with zero attached hydrogens (tertiary/aromatic N) is 2. The average Bonchev–Trinajstić information content (AvgIpc) is 2.69. The molecule has 4 nitrogen and oxygen atoms in total. The Morgan fingerprint density at radius 3 is 2.35 bits per heavy atom. The Bertz CT molecular complexity index is 407. The van der Waals surface area contributed by atoms with Crippen molar-refractivity contribution in [2.75, 3.05) is 7.05 Å². The third kappa shape index (κ3) is 1.54. The summed E-state index contributed by atoms with van der Waals surface area (Å²) in [5, 5.41) is 14.9. The lowest BCUT2D eigenvalue weighted by Crippen LogP contribution is -2.48. The van der Waals surface area contributed by atoms with E-state index in [1.807, 2.05) is 13.8 Å². The van der Waals surface area contributed by atoms with Gasteiger partial charge in [0.25, 0.3) is 0 Å². The summed E-state index contributed by atoms with van der Waals surface area (Å²) in [6.45, 7) is 3.82. The molecule has 0 saturated carbocycles. The molecule has 94 valence electrons. The molecule has 2 bridgehead atoms. The molecule has 0 radical (unpaired) electrons. The van der Waals surface area contributed by atoms with Gasteiger partial charge in [0, 0.05) is 17.6 Å². The van der Waals surface area contributed by atoms with E-state index in [9.17, 15) is 5.11 Å². The lowest BCUT2D eigenvalue weighted by atomic mass is 9.80. The van der Waals surface area contributed by atoms with Gasteiger partial charge in [-0.3, -0.25) is 0 Å².